The summed E-state index contributed by atoms with van der Waals surface area (Å²) in [6.45, 7) is 10.7. The van der Waals surface area contributed by atoms with E-state index in [2.05, 4.69) is 5.10 Å². The molecular weight excluding hydrogens is 501 g/mol. The van der Waals surface area contributed by atoms with Crippen LogP contribution in [0.15, 0.2) is 35.4 Å². The van der Waals surface area contributed by atoms with Gasteiger partial charge in [0.2, 0.25) is 0 Å². The molecule has 4 nitrogen and oxygen atoms in total. The number of carbonyl (C=O) groups is 1. The predicted molar refractivity (Wildman–Crippen MR) is 139 cm³/mol. The van der Waals surface area contributed by atoms with E-state index in [0.29, 0.717) is 31.7 Å². The average Bonchev–Trinajstić information content (AvgIpc) is 3.08. The standard InChI is InChI=1S/C29H36F5N3O/c1-7-8-10-21-26(25-18(2)15-20(31)17-23(25)33)35-37(24-12-11-19(30)16-22(24)32)29(21,6)27(38)36(34)14-9-13-28(3,4)5/h11-12,15-17,21H,7-10,13-14H2,1-6H3. The zero-order valence-corrected chi connectivity index (χ0v) is 22.8. The zero-order valence-electron chi connectivity index (χ0n) is 22.8. The van der Waals surface area contributed by atoms with E-state index in [-0.39, 0.29) is 39.6 Å². The molecule has 0 aromatic heterocycles. The molecule has 3 rings (SSSR count). The summed E-state index contributed by atoms with van der Waals surface area (Å²) in [5.41, 5.74) is -1.80. The van der Waals surface area contributed by atoms with Crippen molar-refractivity contribution in [3.63, 3.8) is 0 Å². The molecule has 2 atom stereocenters. The molecule has 2 aromatic carbocycles. The van der Waals surface area contributed by atoms with E-state index in [1.54, 1.807) is 0 Å². The largest absolute Gasteiger partial charge is 0.278 e. The Labute approximate surface area is 221 Å². The predicted octanol–water partition coefficient (Wildman–Crippen LogP) is 7.88. The summed E-state index contributed by atoms with van der Waals surface area (Å²) >= 11 is 0. The highest BCUT2D eigenvalue weighted by Gasteiger charge is 2.56. The van der Waals surface area contributed by atoms with Crippen molar-refractivity contribution in [1.82, 2.24) is 5.12 Å². The Balaban J connectivity index is 2.18. The lowest BCUT2D eigenvalue weighted by atomic mass is 9.76. The lowest BCUT2D eigenvalue weighted by Crippen LogP contribution is -2.57. The number of aryl methyl sites for hydroxylation is 1. The highest BCUT2D eigenvalue weighted by Crippen LogP contribution is 2.44. The van der Waals surface area contributed by atoms with Crippen molar-refractivity contribution in [3.8, 4) is 0 Å². The van der Waals surface area contributed by atoms with Crippen molar-refractivity contribution >= 4 is 17.3 Å². The molecule has 1 amide bonds. The fourth-order valence-electron chi connectivity index (χ4n) is 5.06. The van der Waals surface area contributed by atoms with Gasteiger partial charge in [0, 0.05) is 23.6 Å². The Morgan fingerprint density at radius 2 is 1.71 bits per heavy atom. The first-order chi connectivity index (χ1) is 17.7. The quantitative estimate of drug-likeness (QED) is 0.241. The van der Waals surface area contributed by atoms with Gasteiger partial charge in [-0.05, 0) is 62.3 Å². The van der Waals surface area contributed by atoms with Crippen molar-refractivity contribution < 1.29 is 26.8 Å². The van der Waals surface area contributed by atoms with Crippen LogP contribution in [0.3, 0.4) is 0 Å². The van der Waals surface area contributed by atoms with Crippen LogP contribution in [0, 0.1) is 41.5 Å². The smallest absolute Gasteiger partial charge is 0.269 e. The number of hydrogen-bond donors (Lipinski definition) is 0. The third-order valence-electron chi connectivity index (χ3n) is 7.08. The van der Waals surface area contributed by atoms with E-state index in [1.807, 2.05) is 27.7 Å². The Kier molecular flexibility index (Phi) is 8.89. The first-order valence-corrected chi connectivity index (χ1v) is 13.0. The zero-order chi connectivity index (χ0) is 28.4. The second-order valence-electron chi connectivity index (χ2n) is 11.4. The van der Waals surface area contributed by atoms with Crippen LogP contribution < -0.4 is 5.01 Å². The number of amides is 1. The van der Waals surface area contributed by atoms with Gasteiger partial charge < -0.3 is 0 Å². The number of carbonyl (C=O) groups excluding carboxylic acids is 1. The number of unbranched alkanes of at least 4 members (excludes halogenated alkanes) is 1. The lowest BCUT2D eigenvalue weighted by molar-refractivity contribution is -0.153. The van der Waals surface area contributed by atoms with Crippen LogP contribution in [0.4, 0.5) is 27.7 Å². The molecule has 0 fully saturated rings. The minimum absolute atomic E-state index is 0.0188. The number of anilines is 1. The highest BCUT2D eigenvalue weighted by atomic mass is 19.2. The molecule has 1 aliphatic rings. The Morgan fingerprint density at radius 1 is 1.05 bits per heavy atom. The van der Waals surface area contributed by atoms with Gasteiger partial charge in [-0.1, -0.05) is 45.0 Å². The molecule has 2 unspecified atom stereocenters. The van der Waals surface area contributed by atoms with Crippen LogP contribution in [0.1, 0.15) is 77.8 Å². The van der Waals surface area contributed by atoms with Crippen LogP contribution in [-0.2, 0) is 4.79 Å². The van der Waals surface area contributed by atoms with E-state index >= 15 is 13.3 Å². The van der Waals surface area contributed by atoms with Crippen molar-refractivity contribution in [2.45, 2.75) is 79.2 Å². The molecule has 9 heteroatoms. The van der Waals surface area contributed by atoms with Crippen LogP contribution in [-0.4, -0.2) is 28.8 Å². The van der Waals surface area contributed by atoms with Crippen LogP contribution in [0.2, 0.25) is 0 Å². The number of rotatable bonds is 9. The van der Waals surface area contributed by atoms with E-state index in [9.17, 15) is 13.6 Å². The number of halogens is 5. The fraction of sp³-hybridized carbons (Fsp3) is 0.517. The first kappa shape index (κ1) is 29.6. The Morgan fingerprint density at radius 3 is 2.29 bits per heavy atom. The third kappa shape index (κ3) is 6.02. The molecular formula is C29H36F5N3O. The lowest BCUT2D eigenvalue weighted by Gasteiger charge is -2.39. The molecule has 0 spiro atoms. The monoisotopic (exact) mass is 537 g/mol. The molecule has 0 radical (unpaired) electrons. The first-order valence-electron chi connectivity index (χ1n) is 13.0. The molecule has 208 valence electrons. The maximum Gasteiger partial charge on any atom is 0.278 e. The van der Waals surface area contributed by atoms with Crippen molar-refractivity contribution in [3.05, 3.63) is 64.7 Å². The summed E-state index contributed by atoms with van der Waals surface area (Å²) in [5.74, 6) is -5.32. The Hall–Kier alpha value is -2.97. The molecule has 0 saturated heterocycles. The average molecular weight is 538 g/mol. The minimum atomic E-state index is -1.80. The van der Waals surface area contributed by atoms with E-state index in [1.165, 1.54) is 13.8 Å². The number of nitrogens with zero attached hydrogens (tertiary/aromatic N) is 3. The molecule has 0 N–H and O–H groups in total. The SMILES string of the molecule is CCCCC1C(c2c(C)cc(F)cc2F)=NN(c2ccc(F)cc2F)C1(C)C(=O)N(F)CCCC(C)(C)C. The summed E-state index contributed by atoms with van der Waals surface area (Å²) in [4.78, 5) is 13.8. The second kappa shape index (κ2) is 11.4. The number of benzene rings is 2. The van der Waals surface area contributed by atoms with Gasteiger partial charge in [0.15, 0.2) is 5.82 Å². The van der Waals surface area contributed by atoms with Gasteiger partial charge in [-0.2, -0.15) is 10.2 Å². The molecule has 0 saturated carbocycles. The Bertz CT molecular complexity index is 1190. The second-order valence-corrected chi connectivity index (χ2v) is 11.4. The fourth-order valence-corrected chi connectivity index (χ4v) is 5.06. The molecule has 0 aliphatic carbocycles. The van der Waals surface area contributed by atoms with Gasteiger partial charge in [-0.25, -0.2) is 22.6 Å². The third-order valence-corrected chi connectivity index (χ3v) is 7.08. The van der Waals surface area contributed by atoms with Crippen LogP contribution in [0.5, 0.6) is 0 Å². The van der Waals surface area contributed by atoms with E-state index in [4.69, 9.17) is 0 Å². The van der Waals surface area contributed by atoms with Gasteiger partial charge in [0.1, 0.15) is 23.0 Å². The summed E-state index contributed by atoms with van der Waals surface area (Å²) in [5, 5.41) is 5.65. The van der Waals surface area contributed by atoms with E-state index < -0.39 is 40.6 Å². The minimum Gasteiger partial charge on any atom is -0.269 e. The highest BCUT2D eigenvalue weighted by molar-refractivity contribution is 6.11. The van der Waals surface area contributed by atoms with Crippen molar-refractivity contribution in [2.75, 3.05) is 11.6 Å². The van der Waals surface area contributed by atoms with Gasteiger partial charge in [-0.3, -0.25) is 4.79 Å². The molecule has 1 heterocycles. The van der Waals surface area contributed by atoms with Crippen molar-refractivity contribution in [2.24, 2.45) is 16.4 Å². The van der Waals surface area contributed by atoms with Crippen LogP contribution in [0.25, 0.3) is 0 Å². The topological polar surface area (TPSA) is 35.9 Å². The maximum atomic E-state index is 15.5. The van der Waals surface area contributed by atoms with Gasteiger partial charge in [0.25, 0.3) is 5.91 Å². The summed E-state index contributed by atoms with van der Waals surface area (Å²) in [6, 6.07) is 4.64. The number of hydrazone groups is 1. The van der Waals surface area contributed by atoms with Crippen LogP contribution >= 0.6 is 0 Å². The molecule has 1 aliphatic heterocycles. The van der Waals surface area contributed by atoms with Gasteiger partial charge in [0.05, 0.1) is 17.9 Å². The summed E-state index contributed by atoms with van der Waals surface area (Å²) < 4.78 is 73.4. The van der Waals surface area contributed by atoms with Gasteiger partial charge >= 0.3 is 0 Å². The normalized spacial score (nSPS) is 19.6. The number of hydrogen-bond acceptors (Lipinski definition) is 3. The molecule has 2 aromatic rings. The molecule has 38 heavy (non-hydrogen) atoms. The maximum absolute atomic E-state index is 15.5. The summed E-state index contributed by atoms with van der Waals surface area (Å²) in [7, 11) is 0. The summed E-state index contributed by atoms with van der Waals surface area (Å²) in [6.07, 6.45) is 2.67. The van der Waals surface area contributed by atoms with Gasteiger partial charge in [-0.15, -0.1) is 0 Å². The van der Waals surface area contributed by atoms with E-state index in [0.717, 1.165) is 35.7 Å². The van der Waals surface area contributed by atoms with Crippen molar-refractivity contribution in [1.29, 1.82) is 0 Å². The molecule has 0 bridgehead atoms.